The summed E-state index contributed by atoms with van der Waals surface area (Å²) in [5, 5.41) is 14.4. The molecular formula is C12H21N2O2-. The van der Waals surface area contributed by atoms with Crippen LogP contribution in [0.15, 0.2) is 12.2 Å². The fourth-order valence-electron chi connectivity index (χ4n) is 1.64. The minimum atomic E-state index is 0.0184. The Labute approximate surface area is 97.3 Å². The van der Waals surface area contributed by atoms with E-state index in [0.29, 0.717) is 19.5 Å². The van der Waals surface area contributed by atoms with Crippen molar-refractivity contribution in [2.75, 3.05) is 13.1 Å². The van der Waals surface area contributed by atoms with Gasteiger partial charge in [0.1, 0.15) is 0 Å². The van der Waals surface area contributed by atoms with E-state index in [1.54, 1.807) is 0 Å². The maximum Gasteiger partial charge on any atom is 0.224 e. The molecule has 92 valence electrons. The Kier molecular flexibility index (Phi) is 6.11. The molecule has 0 unspecified atom stereocenters. The lowest BCUT2D eigenvalue weighted by Crippen LogP contribution is -2.56. The summed E-state index contributed by atoms with van der Waals surface area (Å²) in [5.74, 6) is 0.0184. The van der Waals surface area contributed by atoms with Crippen LogP contribution < -0.4 is 5.32 Å². The lowest BCUT2D eigenvalue weighted by Gasteiger charge is -2.44. The topological polar surface area (TPSA) is 55.4 Å². The molecule has 0 aromatic heterocycles. The zero-order chi connectivity index (χ0) is 11.8. The zero-order valence-electron chi connectivity index (χ0n) is 9.95. The second kappa shape index (κ2) is 7.41. The van der Waals surface area contributed by atoms with Crippen molar-refractivity contribution < 1.29 is 4.79 Å². The van der Waals surface area contributed by atoms with Gasteiger partial charge in [0, 0.05) is 19.5 Å². The largest absolute Gasteiger partial charge is 0.785 e. The molecule has 0 bridgehead atoms. The Balaban J connectivity index is 1.97. The van der Waals surface area contributed by atoms with Crippen molar-refractivity contribution >= 4 is 5.91 Å². The minimum absolute atomic E-state index is 0.0184. The predicted octanol–water partition coefficient (Wildman–Crippen LogP) is 1.81. The van der Waals surface area contributed by atoms with Gasteiger partial charge >= 0.3 is 0 Å². The van der Waals surface area contributed by atoms with Crippen LogP contribution in [0.2, 0.25) is 0 Å². The van der Waals surface area contributed by atoms with Crippen molar-refractivity contribution in [3.05, 3.63) is 17.4 Å². The second-order valence-corrected chi connectivity index (χ2v) is 4.28. The molecule has 0 aromatic rings. The first-order valence-electron chi connectivity index (χ1n) is 6.08. The van der Waals surface area contributed by atoms with E-state index in [1.807, 2.05) is 6.08 Å². The van der Waals surface area contributed by atoms with Crippen molar-refractivity contribution in [1.29, 1.82) is 0 Å². The third kappa shape index (κ3) is 5.28. The minimum Gasteiger partial charge on any atom is -0.785 e. The number of amides is 1. The Morgan fingerprint density at radius 3 is 2.81 bits per heavy atom. The van der Waals surface area contributed by atoms with Crippen molar-refractivity contribution in [1.82, 2.24) is 10.4 Å². The molecule has 0 spiro atoms. The van der Waals surface area contributed by atoms with Gasteiger partial charge in [-0.25, -0.2) is 0 Å². The number of hydrogen-bond donors (Lipinski definition) is 1. The van der Waals surface area contributed by atoms with Gasteiger partial charge in [-0.2, -0.15) is 0 Å². The molecule has 0 radical (unpaired) electrons. The molecule has 0 atom stereocenters. The lowest BCUT2D eigenvalue weighted by molar-refractivity contribution is -0.121. The smallest absolute Gasteiger partial charge is 0.224 e. The van der Waals surface area contributed by atoms with Gasteiger partial charge in [-0.1, -0.05) is 31.9 Å². The summed E-state index contributed by atoms with van der Waals surface area (Å²) in [6.07, 6.45) is 9.14. The highest BCUT2D eigenvalue weighted by Gasteiger charge is 2.20. The molecule has 1 saturated heterocycles. The van der Waals surface area contributed by atoms with E-state index in [-0.39, 0.29) is 11.9 Å². The molecule has 4 nitrogen and oxygen atoms in total. The van der Waals surface area contributed by atoms with E-state index in [9.17, 15) is 10.0 Å². The number of unbranched alkanes of at least 4 members (excludes halogenated alkanes) is 3. The number of nitrogens with zero attached hydrogens (tertiary/aromatic N) is 1. The van der Waals surface area contributed by atoms with Gasteiger partial charge in [0.2, 0.25) is 5.91 Å². The first-order chi connectivity index (χ1) is 7.72. The molecule has 0 saturated carbocycles. The van der Waals surface area contributed by atoms with Crippen LogP contribution >= 0.6 is 0 Å². The summed E-state index contributed by atoms with van der Waals surface area (Å²) in [7, 11) is 0. The number of nitrogens with one attached hydrogen (secondary N) is 1. The Morgan fingerprint density at radius 1 is 1.44 bits per heavy atom. The Bertz CT molecular complexity index is 235. The number of carbonyl (C=O) groups excluding carboxylic acids is 1. The van der Waals surface area contributed by atoms with Gasteiger partial charge in [-0.15, -0.1) is 0 Å². The SMILES string of the molecule is CCCCC/C=C\CC(=O)NC1CN([O-])C1. The Hall–Kier alpha value is -0.870. The predicted molar refractivity (Wildman–Crippen MR) is 64.8 cm³/mol. The summed E-state index contributed by atoms with van der Waals surface area (Å²) in [4.78, 5) is 11.4. The molecule has 1 N–H and O–H groups in total. The van der Waals surface area contributed by atoms with Crippen LogP contribution in [-0.4, -0.2) is 30.1 Å². The number of allylic oxidation sites excluding steroid dienone is 1. The molecule has 4 heteroatoms. The van der Waals surface area contributed by atoms with Gasteiger partial charge in [0.15, 0.2) is 0 Å². The highest BCUT2D eigenvalue weighted by Crippen LogP contribution is 2.05. The van der Waals surface area contributed by atoms with Crippen molar-refractivity contribution in [2.24, 2.45) is 0 Å². The van der Waals surface area contributed by atoms with E-state index in [4.69, 9.17) is 0 Å². The highest BCUT2D eigenvalue weighted by molar-refractivity contribution is 5.77. The molecule has 1 heterocycles. The quantitative estimate of drug-likeness (QED) is 0.531. The average molecular weight is 225 g/mol. The maximum atomic E-state index is 11.4. The Morgan fingerprint density at radius 2 is 2.19 bits per heavy atom. The molecule has 0 aromatic carbocycles. The molecule has 1 aliphatic heterocycles. The summed E-state index contributed by atoms with van der Waals surface area (Å²) in [5.41, 5.74) is 0. The molecule has 1 aliphatic rings. The summed E-state index contributed by atoms with van der Waals surface area (Å²) in [6, 6.07) is 0.0680. The van der Waals surface area contributed by atoms with Gasteiger partial charge in [-0.05, 0) is 12.8 Å². The standard InChI is InChI=1S/C12H21N2O2/c1-2-3-4-5-6-7-8-12(15)13-11-9-14(16)10-11/h6-7,11H,2-5,8-10H2,1H3,(H,13,15)/q-1/b7-6-. The molecule has 1 rings (SSSR count). The highest BCUT2D eigenvalue weighted by atomic mass is 16.5. The fourth-order valence-corrected chi connectivity index (χ4v) is 1.64. The van der Waals surface area contributed by atoms with Crippen LogP contribution in [-0.2, 0) is 4.79 Å². The third-order valence-electron chi connectivity index (χ3n) is 2.66. The molecule has 16 heavy (non-hydrogen) atoms. The van der Waals surface area contributed by atoms with Crippen LogP contribution in [0.25, 0.3) is 0 Å². The van der Waals surface area contributed by atoms with Crippen molar-refractivity contribution in [3.63, 3.8) is 0 Å². The van der Waals surface area contributed by atoms with Crippen LogP contribution in [0.5, 0.6) is 0 Å². The van der Waals surface area contributed by atoms with Crippen LogP contribution in [0, 0.1) is 5.21 Å². The van der Waals surface area contributed by atoms with Gasteiger partial charge in [0.05, 0.1) is 6.04 Å². The van der Waals surface area contributed by atoms with Crippen molar-refractivity contribution in [2.45, 2.75) is 45.1 Å². The first kappa shape index (κ1) is 13.2. The summed E-state index contributed by atoms with van der Waals surface area (Å²) < 4.78 is 0. The van der Waals surface area contributed by atoms with E-state index < -0.39 is 0 Å². The second-order valence-electron chi connectivity index (χ2n) is 4.28. The van der Waals surface area contributed by atoms with E-state index in [0.717, 1.165) is 11.5 Å². The maximum absolute atomic E-state index is 11.4. The van der Waals surface area contributed by atoms with Crippen LogP contribution in [0.1, 0.15) is 39.0 Å². The van der Waals surface area contributed by atoms with Gasteiger partial charge in [-0.3, -0.25) is 4.79 Å². The average Bonchev–Trinajstić information content (AvgIpc) is 2.21. The van der Waals surface area contributed by atoms with Gasteiger partial charge < -0.3 is 15.6 Å². The van der Waals surface area contributed by atoms with Gasteiger partial charge in [0.25, 0.3) is 0 Å². The van der Waals surface area contributed by atoms with Crippen LogP contribution in [0.4, 0.5) is 0 Å². The summed E-state index contributed by atoms with van der Waals surface area (Å²) in [6.45, 7) is 3.05. The normalized spacial score (nSPS) is 17.6. The number of carbonyl (C=O) groups is 1. The lowest BCUT2D eigenvalue weighted by atomic mass is 10.1. The molecule has 1 amide bonds. The van der Waals surface area contributed by atoms with E-state index in [1.165, 1.54) is 19.3 Å². The number of hydrogen-bond acceptors (Lipinski definition) is 3. The first-order valence-corrected chi connectivity index (χ1v) is 6.08. The summed E-state index contributed by atoms with van der Waals surface area (Å²) >= 11 is 0. The monoisotopic (exact) mass is 225 g/mol. The molecule has 0 aliphatic carbocycles. The van der Waals surface area contributed by atoms with Crippen LogP contribution in [0.3, 0.4) is 0 Å². The van der Waals surface area contributed by atoms with E-state index >= 15 is 0 Å². The molecule has 1 fully saturated rings. The third-order valence-corrected chi connectivity index (χ3v) is 2.66. The zero-order valence-corrected chi connectivity index (χ0v) is 9.95. The number of hydroxylamine groups is 2. The van der Waals surface area contributed by atoms with Crippen molar-refractivity contribution in [3.8, 4) is 0 Å². The number of rotatable bonds is 7. The molecular weight excluding hydrogens is 204 g/mol. The van der Waals surface area contributed by atoms with E-state index in [2.05, 4.69) is 18.3 Å². The fraction of sp³-hybridized carbons (Fsp3) is 0.750.